The van der Waals surface area contributed by atoms with Gasteiger partial charge in [-0.05, 0) is 41.6 Å². The summed E-state index contributed by atoms with van der Waals surface area (Å²) < 4.78 is 0. The lowest BCUT2D eigenvalue weighted by Crippen LogP contribution is -2.41. The highest BCUT2D eigenvalue weighted by Gasteiger charge is 2.24. The minimum absolute atomic E-state index is 0.886. The molecule has 122 valence electrons. The van der Waals surface area contributed by atoms with Gasteiger partial charge in [0.2, 0.25) is 0 Å². The Bertz CT molecular complexity index is 678. The van der Waals surface area contributed by atoms with Crippen molar-refractivity contribution in [2.75, 3.05) is 0 Å². The molecule has 0 spiro atoms. The zero-order chi connectivity index (χ0) is 16.4. The first-order valence-electron chi connectivity index (χ1n) is 9.00. The second-order valence-electron chi connectivity index (χ2n) is 8.15. The number of aromatic nitrogens is 1. The van der Waals surface area contributed by atoms with E-state index in [0.717, 1.165) is 11.6 Å². The molecule has 1 fully saturated rings. The molecule has 2 heteroatoms. The molecule has 1 aromatic heterocycles. The third-order valence-corrected chi connectivity index (χ3v) is 7.27. The monoisotopic (exact) mass is 323 g/mol. The molecule has 0 atom stereocenters. The van der Waals surface area contributed by atoms with Crippen LogP contribution < -0.4 is 5.19 Å². The summed E-state index contributed by atoms with van der Waals surface area (Å²) in [5, 5.41) is 1.56. The predicted octanol–water partition coefficient (Wildman–Crippen LogP) is 5.33. The number of hydrogen-bond donors (Lipinski definition) is 0. The standard InChI is InChI=1S/C21H29NSi/c1-16-9-5-8-12-19(16)20-14-18(13-17-10-6-7-11-17)21(15-22-20)23(2,3)4/h5,8-9,12,14-15,17H,6-7,10-11,13H2,1-4H3. The van der Waals surface area contributed by atoms with Crippen LogP contribution in [0.2, 0.25) is 19.6 Å². The van der Waals surface area contributed by atoms with E-state index in [1.807, 2.05) is 0 Å². The fourth-order valence-corrected chi connectivity index (χ4v) is 5.46. The molecule has 0 N–H and O–H groups in total. The van der Waals surface area contributed by atoms with E-state index >= 15 is 0 Å². The molecule has 1 aromatic carbocycles. The van der Waals surface area contributed by atoms with Crippen molar-refractivity contribution in [1.82, 2.24) is 4.98 Å². The van der Waals surface area contributed by atoms with Gasteiger partial charge in [0.1, 0.15) is 0 Å². The molecule has 0 saturated heterocycles. The summed E-state index contributed by atoms with van der Waals surface area (Å²) in [6.45, 7) is 9.50. The number of pyridine rings is 1. The second-order valence-corrected chi connectivity index (χ2v) is 13.2. The van der Waals surface area contributed by atoms with Gasteiger partial charge in [-0.2, -0.15) is 0 Å². The third-order valence-electron chi connectivity index (χ3n) is 5.20. The van der Waals surface area contributed by atoms with Crippen LogP contribution in [-0.2, 0) is 6.42 Å². The van der Waals surface area contributed by atoms with Crippen molar-refractivity contribution in [2.45, 2.75) is 58.7 Å². The second kappa shape index (κ2) is 6.60. The molecule has 0 aliphatic heterocycles. The average molecular weight is 324 g/mol. The van der Waals surface area contributed by atoms with E-state index in [-0.39, 0.29) is 0 Å². The van der Waals surface area contributed by atoms with Gasteiger partial charge in [0.05, 0.1) is 13.8 Å². The lowest BCUT2D eigenvalue weighted by molar-refractivity contribution is 0.547. The smallest absolute Gasteiger partial charge is 0.0799 e. The van der Waals surface area contributed by atoms with E-state index < -0.39 is 8.07 Å². The molecule has 2 aromatic rings. The van der Waals surface area contributed by atoms with Crippen LogP contribution in [0.15, 0.2) is 36.5 Å². The zero-order valence-electron chi connectivity index (χ0n) is 15.0. The molecule has 0 amide bonds. The third kappa shape index (κ3) is 3.74. The van der Waals surface area contributed by atoms with Gasteiger partial charge in [0.25, 0.3) is 0 Å². The average Bonchev–Trinajstić information content (AvgIpc) is 2.99. The topological polar surface area (TPSA) is 12.9 Å². The molecule has 0 radical (unpaired) electrons. The quantitative estimate of drug-likeness (QED) is 0.693. The highest BCUT2D eigenvalue weighted by Crippen LogP contribution is 2.29. The van der Waals surface area contributed by atoms with Crippen molar-refractivity contribution >= 4 is 13.3 Å². The van der Waals surface area contributed by atoms with Crippen LogP contribution in [0.3, 0.4) is 0 Å². The van der Waals surface area contributed by atoms with Gasteiger partial charge in [0, 0.05) is 11.8 Å². The maximum atomic E-state index is 4.85. The fourth-order valence-electron chi connectivity index (χ4n) is 3.87. The Hall–Kier alpha value is -1.41. The maximum absolute atomic E-state index is 4.85. The Labute approximate surface area is 142 Å². The largest absolute Gasteiger partial charge is 0.256 e. The summed E-state index contributed by atoms with van der Waals surface area (Å²) in [5.41, 5.74) is 5.32. The predicted molar refractivity (Wildman–Crippen MR) is 103 cm³/mol. The van der Waals surface area contributed by atoms with Crippen LogP contribution >= 0.6 is 0 Å². The van der Waals surface area contributed by atoms with Crippen molar-refractivity contribution < 1.29 is 0 Å². The Balaban J connectivity index is 2.02. The first-order chi connectivity index (χ1) is 10.9. The van der Waals surface area contributed by atoms with E-state index in [1.165, 1.54) is 43.2 Å². The molecule has 1 nitrogen and oxygen atoms in total. The summed E-state index contributed by atoms with van der Waals surface area (Å²) in [4.78, 5) is 4.85. The Morgan fingerprint density at radius 3 is 2.43 bits per heavy atom. The van der Waals surface area contributed by atoms with Crippen LogP contribution in [0.5, 0.6) is 0 Å². The van der Waals surface area contributed by atoms with E-state index in [9.17, 15) is 0 Å². The van der Waals surface area contributed by atoms with Gasteiger partial charge in [-0.3, -0.25) is 4.98 Å². The lowest BCUT2D eigenvalue weighted by Gasteiger charge is -2.23. The summed E-state index contributed by atoms with van der Waals surface area (Å²) in [6, 6.07) is 11.0. The lowest BCUT2D eigenvalue weighted by atomic mass is 9.96. The molecular formula is C21H29NSi. The molecule has 3 rings (SSSR count). The minimum atomic E-state index is -1.35. The van der Waals surface area contributed by atoms with Gasteiger partial charge < -0.3 is 0 Å². The maximum Gasteiger partial charge on any atom is 0.0799 e. The van der Waals surface area contributed by atoms with Gasteiger partial charge >= 0.3 is 0 Å². The van der Waals surface area contributed by atoms with Crippen LogP contribution in [0.1, 0.15) is 36.8 Å². The Morgan fingerprint density at radius 1 is 1.09 bits per heavy atom. The summed E-state index contributed by atoms with van der Waals surface area (Å²) >= 11 is 0. The number of nitrogens with zero attached hydrogens (tertiary/aromatic N) is 1. The molecule has 1 saturated carbocycles. The molecule has 1 heterocycles. The van der Waals surface area contributed by atoms with Crippen molar-refractivity contribution in [3.63, 3.8) is 0 Å². The molecule has 0 unspecified atom stereocenters. The zero-order valence-corrected chi connectivity index (χ0v) is 16.0. The normalized spacial score (nSPS) is 16.0. The Kier molecular flexibility index (Phi) is 4.72. The molecule has 0 bridgehead atoms. The minimum Gasteiger partial charge on any atom is -0.256 e. The summed E-state index contributed by atoms with van der Waals surface area (Å²) in [6.07, 6.45) is 9.10. The molecule has 1 aliphatic rings. The van der Waals surface area contributed by atoms with Crippen LogP contribution in [0, 0.1) is 12.8 Å². The first-order valence-corrected chi connectivity index (χ1v) is 12.5. The van der Waals surface area contributed by atoms with Crippen LogP contribution in [-0.4, -0.2) is 13.1 Å². The molecule has 23 heavy (non-hydrogen) atoms. The van der Waals surface area contributed by atoms with Gasteiger partial charge in [-0.1, -0.05) is 69.6 Å². The SMILES string of the molecule is Cc1ccccc1-c1cc(CC2CCCC2)c([Si](C)(C)C)cn1. The van der Waals surface area contributed by atoms with Crippen LogP contribution in [0.4, 0.5) is 0 Å². The highest BCUT2D eigenvalue weighted by molar-refractivity contribution is 6.89. The summed E-state index contributed by atoms with van der Waals surface area (Å²) in [7, 11) is -1.35. The van der Waals surface area contributed by atoms with E-state index in [1.54, 1.807) is 10.8 Å². The Morgan fingerprint density at radius 2 is 1.78 bits per heavy atom. The number of hydrogen-bond acceptors (Lipinski definition) is 1. The fraction of sp³-hybridized carbons (Fsp3) is 0.476. The molecular weight excluding hydrogens is 294 g/mol. The van der Waals surface area contributed by atoms with E-state index in [2.05, 4.69) is 63.1 Å². The van der Waals surface area contributed by atoms with Crippen molar-refractivity contribution in [3.05, 3.63) is 47.7 Å². The molecule has 1 aliphatic carbocycles. The summed E-state index contributed by atoms with van der Waals surface area (Å²) in [5.74, 6) is 0.886. The van der Waals surface area contributed by atoms with Crippen molar-refractivity contribution in [3.8, 4) is 11.3 Å². The van der Waals surface area contributed by atoms with Crippen molar-refractivity contribution in [1.29, 1.82) is 0 Å². The van der Waals surface area contributed by atoms with Gasteiger partial charge in [0.15, 0.2) is 0 Å². The van der Waals surface area contributed by atoms with Gasteiger partial charge in [-0.25, -0.2) is 0 Å². The first kappa shape index (κ1) is 16.4. The highest BCUT2D eigenvalue weighted by atomic mass is 28.3. The van der Waals surface area contributed by atoms with E-state index in [4.69, 9.17) is 4.98 Å². The number of rotatable bonds is 4. The number of benzene rings is 1. The van der Waals surface area contributed by atoms with Gasteiger partial charge in [-0.15, -0.1) is 0 Å². The van der Waals surface area contributed by atoms with Crippen LogP contribution in [0.25, 0.3) is 11.3 Å². The number of aryl methyl sites for hydroxylation is 1. The van der Waals surface area contributed by atoms with Crippen molar-refractivity contribution in [2.24, 2.45) is 5.92 Å². The van der Waals surface area contributed by atoms with E-state index in [0.29, 0.717) is 0 Å².